The molecule has 8 heteroatoms. The molecule has 0 unspecified atom stereocenters. The topological polar surface area (TPSA) is 105 Å². The van der Waals surface area contributed by atoms with E-state index in [9.17, 15) is 14.4 Å². The fourth-order valence-electron chi connectivity index (χ4n) is 3.88. The molecule has 28 heavy (non-hydrogen) atoms. The lowest BCUT2D eigenvalue weighted by molar-refractivity contribution is -0.138. The minimum absolute atomic E-state index is 0.0277. The summed E-state index contributed by atoms with van der Waals surface area (Å²) in [5.41, 5.74) is 5.56. The van der Waals surface area contributed by atoms with E-state index in [1.54, 1.807) is 6.92 Å². The van der Waals surface area contributed by atoms with Crippen LogP contribution in [0.1, 0.15) is 38.2 Å². The number of piperidine rings is 1. The van der Waals surface area contributed by atoms with Crippen LogP contribution in [0.5, 0.6) is 5.75 Å². The molecule has 152 valence electrons. The van der Waals surface area contributed by atoms with Crippen LogP contribution in [0.15, 0.2) is 24.3 Å². The molecule has 0 bridgehead atoms. The van der Waals surface area contributed by atoms with Crippen LogP contribution in [0.4, 0.5) is 4.79 Å². The number of urea groups is 1. The van der Waals surface area contributed by atoms with Gasteiger partial charge >= 0.3 is 6.03 Å². The van der Waals surface area contributed by atoms with Gasteiger partial charge in [0.25, 0.3) is 0 Å². The van der Waals surface area contributed by atoms with E-state index in [1.807, 2.05) is 34.1 Å². The smallest absolute Gasteiger partial charge is 0.312 e. The van der Waals surface area contributed by atoms with Gasteiger partial charge in [-0.15, -0.1) is 0 Å². The Morgan fingerprint density at radius 2 is 1.89 bits per heavy atom. The predicted octanol–water partition coefficient (Wildman–Crippen LogP) is 1.24. The summed E-state index contributed by atoms with van der Waals surface area (Å²) in [4.78, 5) is 39.0. The number of ether oxygens (including phenoxy) is 1. The quantitative estimate of drug-likeness (QED) is 0.757. The third kappa shape index (κ3) is 4.74. The van der Waals surface area contributed by atoms with Crippen molar-refractivity contribution < 1.29 is 19.1 Å². The average Bonchev–Trinajstić information content (AvgIpc) is 2.82. The summed E-state index contributed by atoms with van der Waals surface area (Å²) >= 11 is 0. The summed E-state index contributed by atoms with van der Waals surface area (Å²) in [7, 11) is 0. The number of carbonyl (C=O) groups is 3. The average molecular weight is 388 g/mol. The third-order valence-corrected chi connectivity index (χ3v) is 5.48. The van der Waals surface area contributed by atoms with Crippen LogP contribution in [-0.4, -0.2) is 59.4 Å². The van der Waals surface area contributed by atoms with E-state index >= 15 is 0 Å². The first-order chi connectivity index (χ1) is 13.4. The second-order valence-electron chi connectivity index (χ2n) is 7.54. The second-order valence-corrected chi connectivity index (χ2v) is 7.54. The molecule has 4 amide bonds. The van der Waals surface area contributed by atoms with Gasteiger partial charge in [0.2, 0.25) is 11.8 Å². The molecular formula is C20H28N4O4. The Labute approximate surface area is 165 Å². The molecule has 1 aromatic carbocycles. The van der Waals surface area contributed by atoms with Gasteiger partial charge in [-0.2, -0.15) is 0 Å². The van der Waals surface area contributed by atoms with Gasteiger partial charge in [-0.1, -0.05) is 18.2 Å². The van der Waals surface area contributed by atoms with E-state index in [4.69, 9.17) is 10.5 Å². The number of nitrogens with one attached hydrogen (secondary N) is 1. The summed E-state index contributed by atoms with van der Waals surface area (Å²) in [5, 5.41) is 2.51. The minimum atomic E-state index is -0.583. The molecule has 2 heterocycles. The Hall–Kier alpha value is -2.77. The first-order valence-electron chi connectivity index (χ1n) is 9.72. The Balaban J connectivity index is 1.73. The Morgan fingerprint density at radius 1 is 1.18 bits per heavy atom. The summed E-state index contributed by atoms with van der Waals surface area (Å²) in [6.07, 6.45) is 2.24. The first-order valence-corrected chi connectivity index (χ1v) is 9.72. The summed E-state index contributed by atoms with van der Waals surface area (Å²) < 4.78 is 6.45. The third-order valence-electron chi connectivity index (χ3n) is 5.48. The lowest BCUT2D eigenvalue weighted by atomic mass is 9.90. The van der Waals surface area contributed by atoms with Gasteiger partial charge in [0, 0.05) is 57.9 Å². The normalized spacial score (nSPS) is 18.0. The van der Waals surface area contributed by atoms with Gasteiger partial charge < -0.3 is 25.6 Å². The number of carbonyl (C=O) groups excluding carboxylic acids is 3. The fourth-order valence-corrected chi connectivity index (χ4v) is 3.88. The highest BCUT2D eigenvalue weighted by Gasteiger charge is 2.42. The van der Waals surface area contributed by atoms with Crippen molar-refractivity contribution in [3.05, 3.63) is 29.8 Å². The zero-order chi connectivity index (χ0) is 20.1. The lowest BCUT2D eigenvalue weighted by Gasteiger charge is -2.42. The Kier molecular flexibility index (Phi) is 6.06. The number of primary amides is 1. The van der Waals surface area contributed by atoms with Crippen LogP contribution in [-0.2, 0) is 16.1 Å². The maximum atomic E-state index is 12.9. The van der Waals surface area contributed by atoms with Crippen LogP contribution in [0, 0.1) is 0 Å². The lowest BCUT2D eigenvalue weighted by Crippen LogP contribution is -2.54. The second kappa shape index (κ2) is 8.50. The van der Waals surface area contributed by atoms with E-state index < -0.39 is 11.6 Å². The largest absolute Gasteiger partial charge is 0.485 e. The van der Waals surface area contributed by atoms with Crippen LogP contribution >= 0.6 is 0 Å². The van der Waals surface area contributed by atoms with Crippen molar-refractivity contribution in [1.29, 1.82) is 0 Å². The molecule has 2 aliphatic heterocycles. The highest BCUT2D eigenvalue weighted by Crippen LogP contribution is 2.35. The number of para-hydroxylation sites is 1. The standard InChI is InChI=1S/C20H28N4O4/c1-15(25)23-11-8-20(9-12-23)14-24(18(26)7-4-10-22-19(21)27)13-16-5-2-3-6-17(16)28-20/h2-3,5-6H,4,7-14H2,1H3,(H3,21,22,27). The van der Waals surface area contributed by atoms with Gasteiger partial charge in [-0.05, 0) is 12.5 Å². The molecule has 0 radical (unpaired) electrons. The number of rotatable bonds is 4. The highest BCUT2D eigenvalue weighted by atomic mass is 16.5. The van der Waals surface area contributed by atoms with Crippen molar-refractivity contribution in [2.45, 2.75) is 44.8 Å². The molecule has 3 N–H and O–H groups in total. The molecule has 1 saturated heterocycles. The molecule has 2 aliphatic rings. The van der Waals surface area contributed by atoms with E-state index in [1.165, 1.54) is 0 Å². The van der Waals surface area contributed by atoms with Gasteiger partial charge in [-0.3, -0.25) is 9.59 Å². The molecule has 0 atom stereocenters. The van der Waals surface area contributed by atoms with Crippen LogP contribution in [0.3, 0.4) is 0 Å². The van der Waals surface area contributed by atoms with Crippen molar-refractivity contribution in [3.8, 4) is 5.75 Å². The zero-order valence-electron chi connectivity index (χ0n) is 16.3. The molecule has 8 nitrogen and oxygen atoms in total. The maximum Gasteiger partial charge on any atom is 0.312 e. The molecule has 0 aromatic heterocycles. The van der Waals surface area contributed by atoms with Crippen molar-refractivity contribution in [2.24, 2.45) is 5.73 Å². The first kappa shape index (κ1) is 20.0. The van der Waals surface area contributed by atoms with E-state index in [2.05, 4.69) is 5.32 Å². The van der Waals surface area contributed by atoms with Gasteiger partial charge in [-0.25, -0.2) is 4.79 Å². The zero-order valence-corrected chi connectivity index (χ0v) is 16.3. The molecule has 1 aromatic rings. The Morgan fingerprint density at radius 3 is 2.57 bits per heavy atom. The van der Waals surface area contributed by atoms with Crippen LogP contribution < -0.4 is 15.8 Å². The van der Waals surface area contributed by atoms with Crippen LogP contribution in [0.25, 0.3) is 0 Å². The molecular weight excluding hydrogens is 360 g/mol. The number of nitrogens with two attached hydrogens (primary N) is 1. The number of nitrogens with zero attached hydrogens (tertiary/aromatic N) is 2. The van der Waals surface area contributed by atoms with Crippen molar-refractivity contribution >= 4 is 17.8 Å². The Bertz CT molecular complexity index is 743. The molecule has 3 rings (SSSR count). The molecule has 0 aliphatic carbocycles. The number of amides is 4. The van der Waals surface area contributed by atoms with Crippen molar-refractivity contribution in [3.63, 3.8) is 0 Å². The number of benzene rings is 1. The number of hydrogen-bond acceptors (Lipinski definition) is 4. The van der Waals surface area contributed by atoms with Crippen molar-refractivity contribution in [1.82, 2.24) is 15.1 Å². The van der Waals surface area contributed by atoms with Gasteiger partial charge in [0.05, 0.1) is 6.54 Å². The van der Waals surface area contributed by atoms with Crippen molar-refractivity contribution in [2.75, 3.05) is 26.2 Å². The van der Waals surface area contributed by atoms with Crippen LogP contribution in [0.2, 0.25) is 0 Å². The monoisotopic (exact) mass is 388 g/mol. The maximum absolute atomic E-state index is 12.9. The van der Waals surface area contributed by atoms with Gasteiger partial charge in [0.1, 0.15) is 11.4 Å². The summed E-state index contributed by atoms with van der Waals surface area (Å²) in [6.45, 7) is 4.20. The minimum Gasteiger partial charge on any atom is -0.485 e. The van der Waals surface area contributed by atoms with E-state index in [0.29, 0.717) is 58.4 Å². The number of fused-ring (bicyclic) bond motifs is 1. The SMILES string of the molecule is CC(=O)N1CCC2(CC1)CN(C(=O)CCCNC(N)=O)Cc1ccccc1O2. The van der Waals surface area contributed by atoms with Gasteiger partial charge in [0.15, 0.2) is 0 Å². The number of likely N-dealkylation sites (tertiary alicyclic amines) is 1. The molecule has 1 spiro atoms. The number of hydrogen-bond donors (Lipinski definition) is 2. The predicted molar refractivity (Wildman–Crippen MR) is 104 cm³/mol. The molecule has 0 saturated carbocycles. The summed E-state index contributed by atoms with van der Waals surface area (Å²) in [6, 6.07) is 7.22. The van der Waals surface area contributed by atoms with E-state index in [0.717, 1.165) is 11.3 Å². The fraction of sp³-hybridized carbons (Fsp3) is 0.550. The highest BCUT2D eigenvalue weighted by molar-refractivity contribution is 5.77. The molecule has 1 fully saturated rings. The van der Waals surface area contributed by atoms with E-state index in [-0.39, 0.29) is 11.8 Å². The summed E-state index contributed by atoms with van der Waals surface area (Å²) in [5.74, 6) is 0.906.